The number of nitrogens with zero attached hydrogens (tertiary/aromatic N) is 2. The van der Waals surface area contributed by atoms with E-state index >= 15 is 0 Å². The molecule has 1 unspecified atom stereocenters. The van der Waals surface area contributed by atoms with Crippen LogP contribution in [0.2, 0.25) is 0 Å². The number of rotatable bonds is 6. The summed E-state index contributed by atoms with van der Waals surface area (Å²) in [5, 5.41) is 5.08. The zero-order valence-electron chi connectivity index (χ0n) is 32.2. The minimum atomic E-state index is -0.0880. The summed E-state index contributed by atoms with van der Waals surface area (Å²) in [6.45, 7) is 4.71. The van der Waals surface area contributed by atoms with Gasteiger partial charge in [0.1, 0.15) is 0 Å². The second kappa shape index (κ2) is 13.1. The van der Waals surface area contributed by atoms with E-state index in [0.717, 1.165) is 17.8 Å². The molecule has 8 aromatic carbocycles. The Morgan fingerprint density at radius 1 is 0.509 bits per heavy atom. The molecule has 0 saturated carbocycles. The van der Waals surface area contributed by atoms with Gasteiger partial charge in [-0.05, 0) is 98.8 Å². The van der Waals surface area contributed by atoms with Crippen LogP contribution in [0.3, 0.4) is 0 Å². The summed E-state index contributed by atoms with van der Waals surface area (Å²) in [4.78, 5) is 2.44. The first-order chi connectivity index (χ1) is 28.0. The third kappa shape index (κ3) is 5.32. The Bertz CT molecular complexity index is 3060. The number of fused-ring (bicyclic) bond motifs is 7. The van der Waals surface area contributed by atoms with Crippen molar-refractivity contribution in [1.29, 1.82) is 0 Å². The summed E-state index contributed by atoms with van der Waals surface area (Å²) in [6, 6.07) is 65.5. The van der Waals surface area contributed by atoms with Gasteiger partial charge in [0.2, 0.25) is 0 Å². The van der Waals surface area contributed by atoms with Gasteiger partial charge in [-0.25, -0.2) is 0 Å². The molecule has 0 bridgehead atoms. The van der Waals surface area contributed by atoms with E-state index in [1.54, 1.807) is 0 Å². The van der Waals surface area contributed by atoms with E-state index in [4.69, 9.17) is 0 Å². The van der Waals surface area contributed by atoms with E-state index in [1.807, 2.05) is 0 Å². The van der Waals surface area contributed by atoms with Crippen molar-refractivity contribution in [2.75, 3.05) is 4.90 Å². The quantitative estimate of drug-likeness (QED) is 0.165. The highest BCUT2D eigenvalue weighted by atomic mass is 15.1. The Morgan fingerprint density at radius 3 is 1.96 bits per heavy atom. The maximum absolute atomic E-state index is 2.52. The number of benzene rings is 8. The van der Waals surface area contributed by atoms with Crippen molar-refractivity contribution in [3.8, 4) is 33.4 Å². The lowest BCUT2D eigenvalue weighted by Crippen LogP contribution is -2.16. The minimum absolute atomic E-state index is 0.0880. The molecule has 2 nitrogen and oxygen atoms in total. The van der Waals surface area contributed by atoms with Crippen LogP contribution in [0.15, 0.2) is 200 Å². The van der Waals surface area contributed by atoms with Gasteiger partial charge in [-0.2, -0.15) is 0 Å². The molecule has 0 spiro atoms. The molecule has 2 aliphatic carbocycles. The number of hydrogen-bond acceptors (Lipinski definition) is 1. The Morgan fingerprint density at radius 2 is 1.14 bits per heavy atom. The van der Waals surface area contributed by atoms with Gasteiger partial charge in [0.15, 0.2) is 0 Å². The fourth-order valence-corrected chi connectivity index (χ4v) is 9.71. The third-order valence-corrected chi connectivity index (χ3v) is 12.5. The zero-order chi connectivity index (χ0) is 38.1. The molecule has 1 heterocycles. The maximum atomic E-state index is 2.52. The molecule has 0 N–H and O–H groups in total. The second-order valence-corrected chi connectivity index (χ2v) is 16.1. The van der Waals surface area contributed by atoms with Gasteiger partial charge >= 0.3 is 0 Å². The predicted molar refractivity (Wildman–Crippen MR) is 242 cm³/mol. The lowest BCUT2D eigenvalue weighted by molar-refractivity contribution is 0.648. The smallest absolute Gasteiger partial charge is 0.0560 e. The van der Waals surface area contributed by atoms with Crippen LogP contribution in [0.1, 0.15) is 37.4 Å². The molecule has 2 heteroatoms. The molecule has 0 fully saturated rings. The largest absolute Gasteiger partial charge is 0.333 e. The van der Waals surface area contributed by atoms with Crippen molar-refractivity contribution < 1.29 is 0 Å². The van der Waals surface area contributed by atoms with Crippen molar-refractivity contribution in [2.24, 2.45) is 0 Å². The topological polar surface area (TPSA) is 8.17 Å². The monoisotopic (exact) mass is 730 g/mol. The minimum Gasteiger partial charge on any atom is -0.333 e. The van der Waals surface area contributed by atoms with Crippen molar-refractivity contribution in [3.05, 3.63) is 211 Å². The molecule has 1 atom stereocenters. The second-order valence-electron chi connectivity index (χ2n) is 16.1. The van der Waals surface area contributed by atoms with E-state index in [-0.39, 0.29) is 5.41 Å². The zero-order valence-corrected chi connectivity index (χ0v) is 32.2. The molecule has 9 aromatic rings. The molecule has 0 aliphatic heterocycles. The van der Waals surface area contributed by atoms with E-state index in [0.29, 0.717) is 6.04 Å². The van der Waals surface area contributed by atoms with Crippen molar-refractivity contribution in [2.45, 2.75) is 31.7 Å². The SMILES string of the molecule is CC1(C)c2ccccc2-c2ccc(N(c3ccc(-c4ccc(-c5cccc6c5c5ccccc5n6C5C=CC=CC5)cc4)cc3)c3cccc4ccccc34)cc21. The van der Waals surface area contributed by atoms with E-state index < -0.39 is 0 Å². The predicted octanol–water partition coefficient (Wildman–Crippen LogP) is 15.1. The molecule has 11 rings (SSSR count). The summed E-state index contributed by atoms with van der Waals surface area (Å²) in [5.41, 5.74) is 16.3. The third-order valence-electron chi connectivity index (χ3n) is 12.5. The molecule has 272 valence electrons. The highest BCUT2D eigenvalue weighted by Gasteiger charge is 2.35. The van der Waals surface area contributed by atoms with Crippen LogP contribution in [-0.2, 0) is 5.41 Å². The average molecular weight is 731 g/mol. The van der Waals surface area contributed by atoms with Crippen LogP contribution in [0.4, 0.5) is 17.1 Å². The lowest BCUT2D eigenvalue weighted by atomic mass is 9.82. The molecular weight excluding hydrogens is 689 g/mol. The van der Waals surface area contributed by atoms with Gasteiger partial charge in [0, 0.05) is 38.5 Å². The fraction of sp³-hybridized carbons (Fsp3) is 0.0909. The Balaban J connectivity index is 0.974. The Hall–Kier alpha value is -6.90. The van der Waals surface area contributed by atoms with Gasteiger partial charge < -0.3 is 9.47 Å². The highest BCUT2D eigenvalue weighted by molar-refractivity contribution is 6.15. The number of para-hydroxylation sites is 1. The molecule has 0 amide bonds. The Labute approximate surface area is 334 Å². The van der Waals surface area contributed by atoms with Gasteiger partial charge in [-0.3, -0.25) is 0 Å². The number of anilines is 3. The van der Waals surface area contributed by atoms with Crippen LogP contribution in [0, 0.1) is 0 Å². The van der Waals surface area contributed by atoms with E-state index in [1.165, 1.54) is 82.8 Å². The first kappa shape index (κ1) is 33.4. The highest BCUT2D eigenvalue weighted by Crippen LogP contribution is 2.51. The van der Waals surface area contributed by atoms with Gasteiger partial charge in [-0.15, -0.1) is 0 Å². The molecule has 1 aromatic heterocycles. The van der Waals surface area contributed by atoms with Crippen molar-refractivity contribution in [3.63, 3.8) is 0 Å². The fourth-order valence-electron chi connectivity index (χ4n) is 9.71. The van der Waals surface area contributed by atoms with Gasteiger partial charge in [0.05, 0.1) is 17.2 Å². The van der Waals surface area contributed by atoms with Crippen LogP contribution in [-0.4, -0.2) is 4.57 Å². The molecule has 0 radical (unpaired) electrons. The number of hydrogen-bond donors (Lipinski definition) is 0. The molecule has 0 saturated heterocycles. The normalized spacial score (nSPS) is 15.3. The molecule has 57 heavy (non-hydrogen) atoms. The van der Waals surface area contributed by atoms with E-state index in [9.17, 15) is 0 Å². The lowest BCUT2D eigenvalue weighted by Gasteiger charge is -2.29. The van der Waals surface area contributed by atoms with Crippen LogP contribution in [0.5, 0.6) is 0 Å². The molecular formula is C55H42N2. The number of aromatic nitrogens is 1. The maximum Gasteiger partial charge on any atom is 0.0560 e. The number of allylic oxidation sites excluding steroid dienone is 4. The summed E-state index contributed by atoms with van der Waals surface area (Å²) in [5.74, 6) is 0. The van der Waals surface area contributed by atoms with Crippen molar-refractivity contribution >= 4 is 49.6 Å². The molecule has 2 aliphatic rings. The summed E-state index contributed by atoms with van der Waals surface area (Å²) in [6.07, 6.45) is 9.93. The van der Waals surface area contributed by atoms with E-state index in [2.05, 4.69) is 224 Å². The summed E-state index contributed by atoms with van der Waals surface area (Å²) in [7, 11) is 0. The summed E-state index contributed by atoms with van der Waals surface area (Å²) >= 11 is 0. The Kier molecular flexibility index (Phi) is 7.69. The first-order valence-electron chi connectivity index (χ1n) is 20.1. The average Bonchev–Trinajstić information content (AvgIpc) is 3.73. The van der Waals surface area contributed by atoms with Crippen LogP contribution >= 0.6 is 0 Å². The van der Waals surface area contributed by atoms with Crippen molar-refractivity contribution in [1.82, 2.24) is 4.57 Å². The van der Waals surface area contributed by atoms with Crippen LogP contribution < -0.4 is 4.90 Å². The van der Waals surface area contributed by atoms with Gasteiger partial charge in [0.25, 0.3) is 0 Å². The standard InChI is InChI=1S/C55H42N2/c1-55(2)49-22-10-8-19-46(49)47-35-34-43(36-50(47)55)56(51-24-12-15-39-14-6-7-18-44(39)51)42-32-30-38(31-33-42)37-26-28-40(29-27-37)45-21-13-25-53-54(45)48-20-9-11-23-52(48)57(53)41-16-4-3-5-17-41/h3-16,18-36,41H,17H2,1-2H3. The van der Waals surface area contributed by atoms with Crippen LogP contribution in [0.25, 0.3) is 66.0 Å². The van der Waals surface area contributed by atoms with Gasteiger partial charge in [-0.1, -0.05) is 172 Å². The first-order valence-corrected chi connectivity index (χ1v) is 20.1. The summed E-state index contributed by atoms with van der Waals surface area (Å²) < 4.78 is 2.52.